The lowest BCUT2D eigenvalue weighted by Gasteiger charge is -2.31. The number of carbonyl (C=O) groups excluding carboxylic acids is 1. The molecule has 1 amide bonds. The number of ether oxygens (including phenoxy) is 2. The van der Waals surface area contributed by atoms with E-state index in [1.807, 2.05) is 43.8 Å². The van der Waals surface area contributed by atoms with E-state index in [4.69, 9.17) is 9.47 Å². The number of aryl methyl sites for hydroxylation is 2. The lowest BCUT2D eigenvalue weighted by molar-refractivity contribution is -0.105. The van der Waals surface area contributed by atoms with Gasteiger partial charge in [0.25, 0.3) is 11.7 Å². The Morgan fingerprint density at radius 1 is 1.13 bits per heavy atom. The van der Waals surface area contributed by atoms with Crippen molar-refractivity contribution in [3.63, 3.8) is 0 Å². The first-order valence-electron chi connectivity index (χ1n) is 10.3. The summed E-state index contributed by atoms with van der Waals surface area (Å²) < 4.78 is 14.1. The predicted octanol–water partition coefficient (Wildman–Crippen LogP) is 4.11. The molecule has 0 saturated heterocycles. The summed E-state index contributed by atoms with van der Waals surface area (Å²) in [6.07, 6.45) is 5.22. The molecule has 1 aliphatic carbocycles. The van der Waals surface area contributed by atoms with Crippen LogP contribution in [-0.4, -0.2) is 31.7 Å². The molecule has 30 heavy (non-hydrogen) atoms. The van der Waals surface area contributed by atoms with Crippen molar-refractivity contribution in [1.82, 2.24) is 20.0 Å². The van der Waals surface area contributed by atoms with E-state index in [0.717, 1.165) is 48.4 Å². The Morgan fingerprint density at radius 2 is 1.90 bits per heavy atom. The maximum atomic E-state index is 12.8. The van der Waals surface area contributed by atoms with Crippen molar-refractivity contribution in [1.29, 1.82) is 0 Å². The lowest BCUT2D eigenvalue weighted by atomic mass is 9.94. The molecule has 1 saturated carbocycles. The maximum Gasteiger partial charge on any atom is 0.273 e. The van der Waals surface area contributed by atoms with E-state index in [2.05, 4.69) is 20.6 Å². The van der Waals surface area contributed by atoms with Gasteiger partial charge in [-0.05, 0) is 44.9 Å². The van der Waals surface area contributed by atoms with Crippen molar-refractivity contribution >= 4 is 11.6 Å². The number of H-pyrrole nitrogens is 1. The van der Waals surface area contributed by atoms with Gasteiger partial charge in [-0.2, -0.15) is 10.2 Å². The smallest absolute Gasteiger partial charge is 0.273 e. The minimum Gasteiger partial charge on any atom is -0.448 e. The second-order valence-electron chi connectivity index (χ2n) is 8.13. The van der Waals surface area contributed by atoms with Crippen LogP contribution < -0.4 is 14.8 Å². The quantitative estimate of drug-likeness (QED) is 0.681. The van der Waals surface area contributed by atoms with Crippen LogP contribution in [0.2, 0.25) is 0 Å². The van der Waals surface area contributed by atoms with Crippen LogP contribution >= 0.6 is 0 Å². The fraction of sp³-hybridized carbons (Fsp3) is 0.409. The molecule has 0 radical (unpaired) electrons. The largest absolute Gasteiger partial charge is 0.448 e. The number of rotatable bonds is 3. The molecule has 2 N–H and O–H groups in total. The molecular weight excluding hydrogens is 382 g/mol. The highest BCUT2D eigenvalue weighted by atomic mass is 16.7. The van der Waals surface area contributed by atoms with Crippen LogP contribution in [0.4, 0.5) is 5.69 Å². The summed E-state index contributed by atoms with van der Waals surface area (Å²) in [6.45, 7) is 3.91. The summed E-state index contributed by atoms with van der Waals surface area (Å²) in [5.41, 5.74) is 4.55. The summed E-state index contributed by atoms with van der Waals surface area (Å²) in [6, 6.07) is 7.25. The van der Waals surface area contributed by atoms with Crippen LogP contribution in [0.15, 0.2) is 24.3 Å². The number of aromatic nitrogens is 4. The Kier molecular flexibility index (Phi) is 4.30. The van der Waals surface area contributed by atoms with E-state index >= 15 is 0 Å². The van der Waals surface area contributed by atoms with Gasteiger partial charge in [-0.3, -0.25) is 14.6 Å². The fourth-order valence-corrected chi connectivity index (χ4v) is 4.37. The van der Waals surface area contributed by atoms with Gasteiger partial charge in [-0.1, -0.05) is 6.42 Å². The normalized spacial score (nSPS) is 16.8. The topological polar surface area (TPSA) is 94.1 Å². The molecule has 3 heterocycles. The van der Waals surface area contributed by atoms with Gasteiger partial charge in [-0.25, -0.2) is 0 Å². The first-order chi connectivity index (χ1) is 14.4. The molecule has 1 aliphatic heterocycles. The number of benzene rings is 1. The van der Waals surface area contributed by atoms with Gasteiger partial charge in [0.05, 0.1) is 11.4 Å². The molecule has 2 aromatic heterocycles. The highest BCUT2D eigenvalue weighted by Crippen LogP contribution is 2.46. The standard InChI is InChI=1S/C22H25N5O3/c1-13-20(14(2)27(3)26-13)16-12-17(25-24-16)21(28)23-15-7-8-18-19(11-15)30-22(29-18)9-5-4-6-10-22/h7-8,11-12H,4-6,9-10H2,1-3H3,(H,23,28)(H,24,25). The summed E-state index contributed by atoms with van der Waals surface area (Å²) >= 11 is 0. The minimum atomic E-state index is -0.527. The highest BCUT2D eigenvalue weighted by molar-refractivity contribution is 6.03. The molecule has 1 aromatic carbocycles. The van der Waals surface area contributed by atoms with Gasteiger partial charge in [-0.15, -0.1) is 0 Å². The van der Waals surface area contributed by atoms with E-state index < -0.39 is 5.79 Å². The Balaban J connectivity index is 1.33. The highest BCUT2D eigenvalue weighted by Gasteiger charge is 2.42. The van der Waals surface area contributed by atoms with Crippen molar-refractivity contribution in [2.24, 2.45) is 7.05 Å². The molecule has 8 heteroatoms. The van der Waals surface area contributed by atoms with Crippen LogP contribution in [0, 0.1) is 13.8 Å². The number of hydrogen-bond donors (Lipinski definition) is 2. The van der Waals surface area contributed by atoms with Crippen molar-refractivity contribution in [3.05, 3.63) is 41.3 Å². The number of carbonyl (C=O) groups is 1. The zero-order valence-electron chi connectivity index (χ0n) is 17.4. The van der Waals surface area contributed by atoms with Crippen molar-refractivity contribution in [2.45, 2.75) is 51.7 Å². The van der Waals surface area contributed by atoms with Crippen molar-refractivity contribution in [3.8, 4) is 22.8 Å². The Hall–Kier alpha value is -3.29. The zero-order valence-corrected chi connectivity index (χ0v) is 17.4. The lowest BCUT2D eigenvalue weighted by Crippen LogP contribution is -2.40. The molecule has 1 fully saturated rings. The maximum absolute atomic E-state index is 12.8. The Labute approximate surface area is 174 Å². The van der Waals surface area contributed by atoms with Crippen molar-refractivity contribution in [2.75, 3.05) is 5.32 Å². The third-order valence-electron chi connectivity index (χ3n) is 6.00. The van der Waals surface area contributed by atoms with E-state index in [9.17, 15) is 4.79 Å². The predicted molar refractivity (Wildman–Crippen MR) is 112 cm³/mol. The number of amides is 1. The van der Waals surface area contributed by atoms with Gasteiger partial charge in [0.2, 0.25) is 0 Å². The molecular formula is C22H25N5O3. The molecule has 5 rings (SSSR count). The average molecular weight is 407 g/mol. The van der Waals surface area contributed by atoms with Crippen LogP contribution in [0.25, 0.3) is 11.3 Å². The van der Waals surface area contributed by atoms with Gasteiger partial charge in [0, 0.05) is 42.9 Å². The van der Waals surface area contributed by atoms with E-state index in [0.29, 0.717) is 22.8 Å². The molecule has 0 atom stereocenters. The summed E-state index contributed by atoms with van der Waals surface area (Å²) in [5.74, 6) is 0.628. The first kappa shape index (κ1) is 18.7. The van der Waals surface area contributed by atoms with E-state index in [-0.39, 0.29) is 5.91 Å². The number of anilines is 1. The summed E-state index contributed by atoms with van der Waals surface area (Å²) in [7, 11) is 1.89. The van der Waals surface area contributed by atoms with Gasteiger partial charge >= 0.3 is 0 Å². The first-order valence-corrected chi connectivity index (χ1v) is 10.3. The van der Waals surface area contributed by atoms with Crippen molar-refractivity contribution < 1.29 is 14.3 Å². The number of nitrogens with zero attached hydrogens (tertiary/aromatic N) is 3. The average Bonchev–Trinajstić information content (AvgIpc) is 3.39. The number of nitrogens with one attached hydrogen (secondary N) is 2. The number of hydrogen-bond acceptors (Lipinski definition) is 5. The van der Waals surface area contributed by atoms with E-state index in [1.165, 1.54) is 6.42 Å². The summed E-state index contributed by atoms with van der Waals surface area (Å²) in [5, 5.41) is 14.5. The number of fused-ring (bicyclic) bond motifs is 1. The summed E-state index contributed by atoms with van der Waals surface area (Å²) in [4.78, 5) is 12.8. The number of aromatic amines is 1. The molecule has 156 valence electrons. The molecule has 0 bridgehead atoms. The fourth-order valence-electron chi connectivity index (χ4n) is 4.37. The zero-order chi connectivity index (χ0) is 20.9. The second kappa shape index (κ2) is 6.90. The molecule has 0 unspecified atom stereocenters. The Bertz CT molecular complexity index is 1120. The third kappa shape index (κ3) is 3.12. The monoisotopic (exact) mass is 407 g/mol. The molecule has 1 spiro atoms. The van der Waals surface area contributed by atoms with Crippen LogP contribution in [0.3, 0.4) is 0 Å². The Morgan fingerprint density at radius 3 is 2.63 bits per heavy atom. The molecule has 2 aliphatic rings. The van der Waals surface area contributed by atoms with Crippen LogP contribution in [0.1, 0.15) is 54.0 Å². The second-order valence-corrected chi connectivity index (χ2v) is 8.13. The van der Waals surface area contributed by atoms with Gasteiger partial charge in [0.15, 0.2) is 11.5 Å². The molecule has 8 nitrogen and oxygen atoms in total. The van der Waals surface area contributed by atoms with Crippen LogP contribution in [-0.2, 0) is 7.05 Å². The minimum absolute atomic E-state index is 0.265. The SMILES string of the molecule is Cc1nn(C)c(C)c1-c1cc(C(=O)Nc2ccc3c(c2)OC2(CCCCC2)O3)[nH]n1. The van der Waals surface area contributed by atoms with E-state index in [1.54, 1.807) is 6.07 Å². The molecule has 3 aromatic rings. The van der Waals surface area contributed by atoms with Crippen LogP contribution in [0.5, 0.6) is 11.5 Å². The van der Waals surface area contributed by atoms with Gasteiger partial charge < -0.3 is 14.8 Å². The van der Waals surface area contributed by atoms with Gasteiger partial charge in [0.1, 0.15) is 5.69 Å². The third-order valence-corrected chi connectivity index (χ3v) is 6.00.